The molecule has 2 aromatic heterocycles. The molecule has 1 aliphatic heterocycles. The molecule has 0 aliphatic carbocycles. The normalized spacial score (nSPS) is 17.2. The summed E-state index contributed by atoms with van der Waals surface area (Å²) in [6, 6.07) is 21.9. The molecule has 2 N–H and O–H groups in total. The summed E-state index contributed by atoms with van der Waals surface area (Å²) in [4.78, 5) is 19.1. The number of aromatic hydroxyl groups is 1. The van der Waals surface area contributed by atoms with E-state index in [0.29, 0.717) is 16.4 Å². The fourth-order valence-electron chi connectivity index (χ4n) is 5.01. The Balaban J connectivity index is 1.71. The van der Waals surface area contributed by atoms with Gasteiger partial charge in [0.05, 0.1) is 41.8 Å². The van der Waals surface area contributed by atoms with Gasteiger partial charge in [0.15, 0.2) is 5.11 Å². The summed E-state index contributed by atoms with van der Waals surface area (Å²) in [6.45, 7) is 4.03. The molecule has 182 valence electrons. The van der Waals surface area contributed by atoms with Crippen LogP contribution in [0.1, 0.15) is 45.1 Å². The maximum atomic E-state index is 12.5. The van der Waals surface area contributed by atoms with Crippen molar-refractivity contribution >= 4 is 29.0 Å². The van der Waals surface area contributed by atoms with Crippen LogP contribution in [-0.2, 0) is 4.74 Å². The number of nitrogens with zero attached hydrogens (tertiary/aromatic N) is 3. The summed E-state index contributed by atoms with van der Waals surface area (Å²) in [7, 11) is 1.38. The van der Waals surface area contributed by atoms with E-state index in [9.17, 15) is 9.90 Å². The molecule has 0 radical (unpaired) electrons. The summed E-state index contributed by atoms with van der Waals surface area (Å²) in [5.41, 5.74) is 5.56. The summed E-state index contributed by atoms with van der Waals surface area (Å²) >= 11 is 5.79. The number of carbonyl (C=O) groups is 1. The number of aromatic nitrogens is 2. The summed E-state index contributed by atoms with van der Waals surface area (Å²) in [5.74, 6) is -0.260. The minimum Gasteiger partial charge on any atom is -0.506 e. The molecule has 7 nitrogen and oxygen atoms in total. The molecule has 1 aliphatic rings. The molecule has 4 aromatic rings. The Morgan fingerprint density at radius 1 is 1.03 bits per heavy atom. The quantitative estimate of drug-likeness (QED) is 0.291. The standard InChI is InChI=1S/C28H26N4O3S/c1-17-16-20(18(2)31(17)22-12-5-4-10-19(22)27(34)35-3)26-25(21-11-8-9-15-29-21)30-28(36)32(26)23-13-6-7-14-24(23)33/h4-16,25-26,33H,1-3H3,(H,30,36)/t25-,26-/m1/s1. The van der Waals surface area contributed by atoms with Crippen LogP contribution >= 0.6 is 12.2 Å². The predicted molar refractivity (Wildman–Crippen MR) is 143 cm³/mol. The van der Waals surface area contributed by atoms with Gasteiger partial charge in [-0.05, 0) is 74.1 Å². The van der Waals surface area contributed by atoms with Gasteiger partial charge in [0.2, 0.25) is 0 Å². The smallest absolute Gasteiger partial charge is 0.339 e. The zero-order valence-corrected chi connectivity index (χ0v) is 21.0. The second kappa shape index (κ2) is 9.47. The van der Waals surface area contributed by atoms with Gasteiger partial charge in [0, 0.05) is 17.6 Å². The lowest BCUT2D eigenvalue weighted by molar-refractivity contribution is 0.0600. The van der Waals surface area contributed by atoms with Crippen molar-refractivity contribution in [1.29, 1.82) is 0 Å². The molecule has 2 aromatic carbocycles. The Morgan fingerprint density at radius 3 is 2.42 bits per heavy atom. The lowest BCUT2D eigenvalue weighted by Crippen LogP contribution is -2.29. The maximum Gasteiger partial charge on any atom is 0.339 e. The Hall–Kier alpha value is -4.17. The van der Waals surface area contributed by atoms with E-state index in [1.807, 2.05) is 67.3 Å². The minimum absolute atomic E-state index is 0.137. The van der Waals surface area contributed by atoms with Crippen molar-refractivity contribution in [2.75, 3.05) is 12.0 Å². The lowest BCUT2D eigenvalue weighted by Gasteiger charge is -2.28. The highest BCUT2D eigenvalue weighted by atomic mass is 32.1. The fraction of sp³-hybridized carbons (Fsp3) is 0.179. The van der Waals surface area contributed by atoms with Gasteiger partial charge in [-0.3, -0.25) is 4.98 Å². The average Bonchev–Trinajstić information content (AvgIpc) is 3.39. The lowest BCUT2D eigenvalue weighted by atomic mass is 9.96. The van der Waals surface area contributed by atoms with E-state index in [1.54, 1.807) is 24.4 Å². The first kappa shape index (κ1) is 23.6. The van der Waals surface area contributed by atoms with Crippen LogP contribution in [0.2, 0.25) is 0 Å². The first-order chi connectivity index (χ1) is 17.4. The van der Waals surface area contributed by atoms with E-state index in [1.165, 1.54) is 7.11 Å². The number of phenolic OH excluding ortho intramolecular Hbond substituents is 1. The molecule has 0 saturated carbocycles. The molecule has 3 heterocycles. The monoisotopic (exact) mass is 498 g/mol. The van der Waals surface area contributed by atoms with Crippen LogP contribution in [0.3, 0.4) is 0 Å². The maximum absolute atomic E-state index is 12.5. The van der Waals surface area contributed by atoms with Crippen molar-refractivity contribution in [2.45, 2.75) is 25.9 Å². The van der Waals surface area contributed by atoms with Gasteiger partial charge in [0.25, 0.3) is 0 Å². The predicted octanol–water partition coefficient (Wildman–Crippen LogP) is 5.16. The Kier molecular flexibility index (Phi) is 6.20. The number of methoxy groups -OCH3 is 1. The first-order valence-electron chi connectivity index (χ1n) is 11.6. The molecule has 1 fully saturated rings. The van der Waals surface area contributed by atoms with Gasteiger partial charge in [-0.1, -0.05) is 30.3 Å². The van der Waals surface area contributed by atoms with Gasteiger partial charge >= 0.3 is 5.97 Å². The second-order valence-corrected chi connectivity index (χ2v) is 9.04. The Labute approximate surface area is 215 Å². The highest BCUT2D eigenvalue weighted by Crippen LogP contribution is 2.45. The number of thiocarbonyl (C=S) groups is 1. The van der Waals surface area contributed by atoms with Crippen LogP contribution in [0, 0.1) is 13.8 Å². The van der Waals surface area contributed by atoms with Gasteiger partial charge in [-0.15, -0.1) is 0 Å². The number of pyridine rings is 1. The number of rotatable bonds is 5. The summed E-state index contributed by atoms with van der Waals surface area (Å²) in [5, 5.41) is 14.7. The fourth-order valence-corrected chi connectivity index (χ4v) is 5.35. The van der Waals surface area contributed by atoms with Gasteiger partial charge in [0.1, 0.15) is 5.75 Å². The molecule has 36 heavy (non-hydrogen) atoms. The molecule has 0 spiro atoms. The molecule has 5 rings (SSSR count). The van der Waals surface area contributed by atoms with Crippen LogP contribution in [-0.4, -0.2) is 32.8 Å². The largest absolute Gasteiger partial charge is 0.506 e. The number of carbonyl (C=O) groups excluding carboxylic acids is 1. The topological polar surface area (TPSA) is 79.6 Å². The van der Waals surface area contributed by atoms with E-state index in [4.69, 9.17) is 17.0 Å². The van der Waals surface area contributed by atoms with Crippen LogP contribution in [0.5, 0.6) is 5.75 Å². The SMILES string of the molecule is COC(=O)c1ccccc1-n1c(C)cc([C@@H]2[C@@H](c3ccccn3)NC(=S)N2c2ccccc2O)c1C. The number of hydrogen-bond acceptors (Lipinski definition) is 5. The van der Waals surface area contributed by atoms with Crippen LogP contribution in [0.4, 0.5) is 5.69 Å². The van der Waals surface area contributed by atoms with Crippen LogP contribution < -0.4 is 10.2 Å². The number of para-hydroxylation sites is 3. The molecule has 8 heteroatoms. The van der Waals surface area contributed by atoms with Gasteiger partial charge < -0.3 is 24.6 Å². The molecule has 0 amide bonds. The first-order valence-corrected chi connectivity index (χ1v) is 12.0. The molecular formula is C28H26N4O3S. The highest BCUT2D eigenvalue weighted by Gasteiger charge is 2.43. The number of nitrogens with one attached hydrogen (secondary N) is 1. The molecular weight excluding hydrogens is 472 g/mol. The second-order valence-electron chi connectivity index (χ2n) is 8.66. The van der Waals surface area contributed by atoms with Gasteiger partial charge in [-0.2, -0.15) is 0 Å². The van der Waals surface area contributed by atoms with Crippen molar-refractivity contribution in [2.24, 2.45) is 0 Å². The van der Waals surface area contributed by atoms with E-state index in [0.717, 1.165) is 28.3 Å². The van der Waals surface area contributed by atoms with E-state index in [-0.39, 0.29) is 17.8 Å². The summed E-state index contributed by atoms with van der Waals surface area (Å²) in [6.07, 6.45) is 1.76. The van der Waals surface area contributed by atoms with Crippen LogP contribution in [0.25, 0.3) is 5.69 Å². The zero-order valence-electron chi connectivity index (χ0n) is 20.2. The van der Waals surface area contributed by atoms with Crippen LogP contribution in [0.15, 0.2) is 79.0 Å². The minimum atomic E-state index is -0.398. The Morgan fingerprint density at radius 2 is 1.72 bits per heavy atom. The third kappa shape index (κ3) is 3.89. The molecule has 1 saturated heterocycles. The number of hydrogen-bond donors (Lipinski definition) is 2. The van der Waals surface area contributed by atoms with E-state index < -0.39 is 5.97 Å². The van der Waals surface area contributed by atoms with Crippen molar-refractivity contribution in [1.82, 2.24) is 14.9 Å². The zero-order chi connectivity index (χ0) is 25.4. The van der Waals surface area contributed by atoms with E-state index >= 15 is 0 Å². The number of anilines is 1. The number of esters is 1. The number of ether oxygens (including phenoxy) is 1. The third-order valence-corrected chi connectivity index (χ3v) is 6.89. The average molecular weight is 499 g/mol. The number of aryl methyl sites for hydroxylation is 1. The van der Waals surface area contributed by atoms with Crippen molar-refractivity contribution < 1.29 is 14.6 Å². The highest BCUT2D eigenvalue weighted by molar-refractivity contribution is 7.80. The van der Waals surface area contributed by atoms with Gasteiger partial charge in [-0.25, -0.2) is 4.79 Å². The van der Waals surface area contributed by atoms with Crippen molar-refractivity contribution in [3.05, 3.63) is 107 Å². The van der Waals surface area contributed by atoms with Crippen molar-refractivity contribution in [3.8, 4) is 11.4 Å². The molecule has 0 bridgehead atoms. The third-order valence-electron chi connectivity index (χ3n) is 6.58. The number of benzene rings is 2. The molecule has 2 atom stereocenters. The number of phenols is 1. The van der Waals surface area contributed by atoms with E-state index in [2.05, 4.69) is 20.9 Å². The summed E-state index contributed by atoms with van der Waals surface area (Å²) < 4.78 is 7.10. The Bertz CT molecular complexity index is 1450. The molecule has 0 unspecified atom stereocenters. The van der Waals surface area contributed by atoms with Crippen molar-refractivity contribution in [3.63, 3.8) is 0 Å².